The largest absolute Gasteiger partial charge is 0.344 e. The number of hydrogen-bond acceptors (Lipinski definition) is 4. The van der Waals surface area contributed by atoms with E-state index in [9.17, 15) is 18.0 Å². The lowest BCUT2D eigenvalue weighted by Crippen LogP contribution is -2.41. The Hall–Kier alpha value is -2.13. The van der Waals surface area contributed by atoms with Gasteiger partial charge in [0, 0.05) is 46.2 Å². The van der Waals surface area contributed by atoms with Crippen LogP contribution >= 0.6 is 0 Å². The zero-order valence-corrected chi connectivity index (χ0v) is 16.9. The number of rotatable bonds is 6. The molecule has 3 amide bonds. The molecular formula is C18H28N4O4S. The normalized spacial score (nSPS) is 15.8. The molecule has 2 N–H and O–H groups in total. The molecule has 1 heterocycles. The zero-order chi connectivity index (χ0) is 20.0. The summed E-state index contributed by atoms with van der Waals surface area (Å²) in [4.78, 5) is 27.4. The molecule has 1 saturated heterocycles. The first-order chi connectivity index (χ1) is 12.7. The molecule has 1 aliphatic rings. The Morgan fingerprint density at radius 1 is 1.15 bits per heavy atom. The van der Waals surface area contributed by atoms with Crippen molar-refractivity contribution in [2.24, 2.45) is 5.92 Å². The third-order valence-electron chi connectivity index (χ3n) is 4.37. The maximum Gasteiger partial charge on any atom is 0.317 e. The van der Waals surface area contributed by atoms with Crippen molar-refractivity contribution in [2.45, 2.75) is 31.7 Å². The van der Waals surface area contributed by atoms with Crippen molar-refractivity contribution >= 4 is 22.0 Å². The molecule has 0 aromatic heterocycles. The Balaban J connectivity index is 1.89. The van der Waals surface area contributed by atoms with Crippen molar-refractivity contribution in [3.8, 4) is 0 Å². The summed E-state index contributed by atoms with van der Waals surface area (Å²) in [5, 5.41) is 2.82. The van der Waals surface area contributed by atoms with Crippen LogP contribution in [0.3, 0.4) is 0 Å². The maximum absolute atomic E-state index is 12.3. The first-order valence-corrected chi connectivity index (χ1v) is 10.5. The minimum Gasteiger partial charge on any atom is -0.344 e. The second-order valence-electron chi connectivity index (χ2n) is 7.10. The molecule has 0 spiro atoms. The summed E-state index contributed by atoms with van der Waals surface area (Å²) in [7, 11) is -1.79. The molecule has 0 saturated carbocycles. The summed E-state index contributed by atoms with van der Waals surface area (Å²) < 4.78 is 26.9. The molecule has 0 atom stereocenters. The molecule has 1 fully saturated rings. The van der Waals surface area contributed by atoms with Crippen LogP contribution in [0.4, 0.5) is 4.79 Å². The predicted octanol–water partition coefficient (Wildman–Crippen LogP) is 0.995. The SMILES string of the molecule is CC(C)CNS(=O)(=O)c1ccc(CNC(=O)N2CCC(=O)N(C)CC2)cc1. The highest BCUT2D eigenvalue weighted by molar-refractivity contribution is 7.89. The molecule has 1 aromatic carbocycles. The number of nitrogens with one attached hydrogen (secondary N) is 2. The molecule has 0 aliphatic carbocycles. The first kappa shape index (κ1) is 21.2. The van der Waals surface area contributed by atoms with Crippen LogP contribution in [-0.2, 0) is 21.4 Å². The topological polar surface area (TPSA) is 98.8 Å². The van der Waals surface area contributed by atoms with Gasteiger partial charge in [-0.05, 0) is 23.6 Å². The molecular weight excluding hydrogens is 368 g/mol. The van der Waals surface area contributed by atoms with E-state index in [-0.39, 0.29) is 22.8 Å². The molecule has 1 aromatic rings. The predicted molar refractivity (Wildman–Crippen MR) is 103 cm³/mol. The van der Waals surface area contributed by atoms with Gasteiger partial charge in [0.25, 0.3) is 0 Å². The first-order valence-electron chi connectivity index (χ1n) is 9.04. The average molecular weight is 397 g/mol. The molecule has 9 heteroatoms. The van der Waals surface area contributed by atoms with Gasteiger partial charge in [-0.25, -0.2) is 17.9 Å². The molecule has 0 unspecified atom stereocenters. The summed E-state index contributed by atoms with van der Waals surface area (Å²) in [5.41, 5.74) is 0.800. The van der Waals surface area contributed by atoms with Crippen LogP contribution in [0.25, 0.3) is 0 Å². The summed E-state index contributed by atoms with van der Waals surface area (Å²) >= 11 is 0. The van der Waals surface area contributed by atoms with Gasteiger partial charge in [-0.3, -0.25) is 4.79 Å². The van der Waals surface area contributed by atoms with Crippen LogP contribution in [0, 0.1) is 5.92 Å². The summed E-state index contributed by atoms with van der Waals surface area (Å²) in [6.07, 6.45) is 0.319. The zero-order valence-electron chi connectivity index (χ0n) is 16.1. The molecule has 150 valence electrons. The highest BCUT2D eigenvalue weighted by Gasteiger charge is 2.21. The highest BCUT2D eigenvalue weighted by Crippen LogP contribution is 2.11. The van der Waals surface area contributed by atoms with Crippen molar-refractivity contribution in [2.75, 3.05) is 33.2 Å². The molecule has 1 aliphatic heterocycles. The van der Waals surface area contributed by atoms with Crippen LogP contribution in [0.5, 0.6) is 0 Å². The van der Waals surface area contributed by atoms with Gasteiger partial charge in [0.1, 0.15) is 0 Å². The number of benzene rings is 1. The third-order valence-corrected chi connectivity index (χ3v) is 5.81. The average Bonchev–Trinajstić information content (AvgIpc) is 2.80. The van der Waals surface area contributed by atoms with Gasteiger partial charge in [-0.2, -0.15) is 0 Å². The fraction of sp³-hybridized carbons (Fsp3) is 0.556. The lowest BCUT2D eigenvalue weighted by Gasteiger charge is -2.20. The van der Waals surface area contributed by atoms with E-state index in [1.807, 2.05) is 13.8 Å². The summed E-state index contributed by atoms with van der Waals surface area (Å²) in [6.45, 7) is 5.95. The Morgan fingerprint density at radius 3 is 2.44 bits per heavy atom. The Morgan fingerprint density at radius 2 is 1.81 bits per heavy atom. The minimum absolute atomic E-state index is 0.0353. The number of likely N-dealkylation sites (N-methyl/N-ethyl adjacent to an activating group) is 1. The van der Waals surface area contributed by atoms with E-state index in [0.29, 0.717) is 39.1 Å². The van der Waals surface area contributed by atoms with E-state index in [1.54, 1.807) is 29.0 Å². The summed E-state index contributed by atoms with van der Waals surface area (Å²) in [5.74, 6) is 0.261. The standard InChI is InChI=1S/C18H28N4O4S/c1-14(2)12-20-27(25,26)16-6-4-15(5-7-16)13-19-18(24)22-9-8-17(23)21(3)10-11-22/h4-7,14,20H,8-13H2,1-3H3,(H,19,24). The van der Waals surface area contributed by atoms with Gasteiger partial charge in [-0.1, -0.05) is 26.0 Å². The monoisotopic (exact) mass is 396 g/mol. The van der Waals surface area contributed by atoms with Crippen molar-refractivity contribution < 1.29 is 18.0 Å². The van der Waals surface area contributed by atoms with Crippen molar-refractivity contribution in [3.05, 3.63) is 29.8 Å². The van der Waals surface area contributed by atoms with Crippen LogP contribution in [0.15, 0.2) is 29.2 Å². The second-order valence-corrected chi connectivity index (χ2v) is 8.87. The number of amides is 3. The van der Waals surface area contributed by atoms with Crippen LogP contribution < -0.4 is 10.0 Å². The van der Waals surface area contributed by atoms with E-state index < -0.39 is 10.0 Å². The van der Waals surface area contributed by atoms with E-state index in [0.717, 1.165) is 5.56 Å². The lowest BCUT2D eigenvalue weighted by atomic mass is 10.2. The van der Waals surface area contributed by atoms with E-state index in [4.69, 9.17) is 0 Å². The van der Waals surface area contributed by atoms with Gasteiger partial charge in [-0.15, -0.1) is 0 Å². The molecule has 2 rings (SSSR count). The Kier molecular flexibility index (Phi) is 7.20. The van der Waals surface area contributed by atoms with Gasteiger partial charge in [0.2, 0.25) is 15.9 Å². The fourth-order valence-electron chi connectivity index (χ4n) is 2.57. The number of sulfonamides is 1. The molecule has 8 nitrogen and oxygen atoms in total. The van der Waals surface area contributed by atoms with Crippen LogP contribution in [-0.4, -0.2) is 63.4 Å². The van der Waals surface area contributed by atoms with Crippen molar-refractivity contribution in [3.63, 3.8) is 0 Å². The summed E-state index contributed by atoms with van der Waals surface area (Å²) in [6, 6.07) is 6.20. The number of urea groups is 1. The number of hydrogen-bond donors (Lipinski definition) is 2. The van der Waals surface area contributed by atoms with Gasteiger partial charge < -0.3 is 15.1 Å². The number of carbonyl (C=O) groups is 2. The molecule has 0 radical (unpaired) electrons. The highest BCUT2D eigenvalue weighted by atomic mass is 32.2. The van der Waals surface area contributed by atoms with Crippen molar-refractivity contribution in [1.29, 1.82) is 0 Å². The number of nitrogens with zero attached hydrogens (tertiary/aromatic N) is 2. The van der Waals surface area contributed by atoms with E-state index >= 15 is 0 Å². The maximum atomic E-state index is 12.3. The smallest absolute Gasteiger partial charge is 0.317 e. The third kappa shape index (κ3) is 6.21. The van der Waals surface area contributed by atoms with Gasteiger partial charge >= 0.3 is 6.03 Å². The van der Waals surface area contributed by atoms with E-state index in [2.05, 4.69) is 10.0 Å². The quantitative estimate of drug-likeness (QED) is 0.749. The van der Waals surface area contributed by atoms with Crippen LogP contribution in [0.1, 0.15) is 25.8 Å². The second kappa shape index (κ2) is 9.18. The Bertz CT molecular complexity index is 762. The van der Waals surface area contributed by atoms with Crippen molar-refractivity contribution in [1.82, 2.24) is 19.8 Å². The van der Waals surface area contributed by atoms with Gasteiger partial charge in [0.05, 0.1) is 4.90 Å². The molecule has 0 bridgehead atoms. The minimum atomic E-state index is -3.52. The number of carbonyl (C=O) groups excluding carboxylic acids is 2. The fourth-order valence-corrected chi connectivity index (χ4v) is 3.78. The Labute approximate surface area is 161 Å². The van der Waals surface area contributed by atoms with E-state index in [1.165, 1.54) is 12.1 Å². The lowest BCUT2D eigenvalue weighted by molar-refractivity contribution is -0.129. The molecule has 27 heavy (non-hydrogen) atoms. The van der Waals surface area contributed by atoms with Gasteiger partial charge in [0.15, 0.2) is 0 Å². The van der Waals surface area contributed by atoms with Crippen LogP contribution in [0.2, 0.25) is 0 Å².